The number of benzene rings is 1. The third-order valence-corrected chi connectivity index (χ3v) is 5.97. The third-order valence-electron chi connectivity index (χ3n) is 5.97. The summed E-state index contributed by atoms with van der Waals surface area (Å²) in [6.45, 7) is 0.974. The smallest absolute Gasteiger partial charge is 0.420 e. The zero-order chi connectivity index (χ0) is 22.7. The summed E-state index contributed by atoms with van der Waals surface area (Å²) in [6, 6.07) is -0.407. The number of nitrogens with two attached hydrogens (primary N) is 1. The normalized spacial score (nSPS) is 19.4. The molecule has 1 unspecified atom stereocenters. The number of carboxylic acids is 1. The molecule has 1 atom stereocenters. The van der Waals surface area contributed by atoms with Crippen LogP contribution < -0.4 is 21.4 Å². The monoisotopic (exact) mass is 442 g/mol. The number of carboxylic acid groups (broad SMARTS) is 1. The maximum Gasteiger partial charge on any atom is 0.420 e. The van der Waals surface area contributed by atoms with Crippen molar-refractivity contribution in [2.45, 2.75) is 31.5 Å². The Morgan fingerprint density at radius 3 is 2.55 bits per heavy atom. The van der Waals surface area contributed by atoms with Crippen LogP contribution in [0.1, 0.15) is 41.2 Å². The lowest BCUT2D eigenvalue weighted by atomic mass is 10.0. The predicted octanol–water partition coefficient (Wildman–Crippen LogP) is 2.82. The molecule has 2 fully saturated rings. The van der Waals surface area contributed by atoms with Gasteiger partial charge in [-0.15, -0.1) is 0 Å². The summed E-state index contributed by atoms with van der Waals surface area (Å²) < 4.78 is 59.6. The van der Waals surface area contributed by atoms with Crippen molar-refractivity contribution in [2.24, 2.45) is 5.92 Å². The largest absolute Gasteiger partial charge is 0.477 e. The number of carbonyl (C=O) groups is 1. The number of hydrogen-bond acceptors (Lipinski definition) is 5. The molecule has 1 aromatic carbocycles. The zero-order valence-electron chi connectivity index (χ0n) is 16.7. The number of fused-ring (bicyclic) bond motifs is 1. The van der Waals surface area contributed by atoms with Crippen molar-refractivity contribution < 1.29 is 27.5 Å². The average molecular weight is 442 g/mol. The number of rotatable bonds is 5. The zero-order valence-corrected chi connectivity index (χ0v) is 16.7. The first kappa shape index (κ1) is 21.4. The van der Waals surface area contributed by atoms with E-state index in [1.807, 2.05) is 0 Å². The average Bonchev–Trinajstić information content (AvgIpc) is 3.42. The van der Waals surface area contributed by atoms with Crippen LogP contribution in [0, 0.1) is 11.7 Å². The Morgan fingerprint density at radius 2 is 2.00 bits per heavy atom. The van der Waals surface area contributed by atoms with Crippen molar-refractivity contribution in [2.75, 3.05) is 37.3 Å². The van der Waals surface area contributed by atoms with Gasteiger partial charge < -0.3 is 25.6 Å². The molecule has 1 aromatic heterocycles. The summed E-state index contributed by atoms with van der Waals surface area (Å²) in [6.07, 6.45) is -2.45. The highest BCUT2D eigenvalue weighted by atomic mass is 19.4. The van der Waals surface area contributed by atoms with Gasteiger partial charge in [0.2, 0.25) is 5.43 Å². The van der Waals surface area contributed by atoms with E-state index in [1.165, 1.54) is 4.90 Å². The van der Waals surface area contributed by atoms with Gasteiger partial charge in [-0.2, -0.15) is 13.2 Å². The van der Waals surface area contributed by atoms with Crippen LogP contribution in [0.2, 0.25) is 0 Å². The van der Waals surface area contributed by atoms with Gasteiger partial charge in [-0.1, -0.05) is 0 Å². The molecule has 1 aliphatic heterocycles. The molecule has 0 radical (unpaired) electrons. The lowest BCUT2D eigenvalue weighted by molar-refractivity contribution is -0.136. The summed E-state index contributed by atoms with van der Waals surface area (Å²) in [5.41, 5.74) is 0.661. The van der Waals surface area contributed by atoms with Crippen molar-refractivity contribution in [3.8, 4) is 0 Å². The number of nitrogens with zero attached hydrogens (tertiary/aromatic N) is 2. The van der Waals surface area contributed by atoms with Gasteiger partial charge in [0.05, 0.1) is 22.3 Å². The maximum atomic E-state index is 15.4. The number of nitrogen functional groups attached to an aromatic ring is 1. The summed E-state index contributed by atoms with van der Waals surface area (Å²) in [7, 11) is 1.73. The van der Waals surface area contributed by atoms with Crippen LogP contribution in [0.25, 0.3) is 10.9 Å². The molecule has 0 bridgehead atoms. The van der Waals surface area contributed by atoms with Crippen molar-refractivity contribution in [1.82, 2.24) is 9.88 Å². The minimum Gasteiger partial charge on any atom is -0.477 e. The van der Waals surface area contributed by atoms with E-state index in [4.69, 9.17) is 5.73 Å². The van der Waals surface area contributed by atoms with Gasteiger partial charge >= 0.3 is 12.1 Å². The van der Waals surface area contributed by atoms with Crippen LogP contribution >= 0.6 is 0 Å². The quantitative estimate of drug-likeness (QED) is 0.486. The Bertz CT molecular complexity index is 1120. The van der Waals surface area contributed by atoms with Crippen LogP contribution in [0.4, 0.5) is 28.9 Å². The first-order chi connectivity index (χ1) is 14.6. The van der Waals surface area contributed by atoms with E-state index in [-0.39, 0.29) is 19.0 Å². The molecule has 31 heavy (non-hydrogen) atoms. The third kappa shape index (κ3) is 3.50. The number of aromatic carboxylic acids is 1. The Kier molecular flexibility index (Phi) is 5.11. The van der Waals surface area contributed by atoms with E-state index < -0.39 is 62.8 Å². The molecule has 2 heterocycles. The van der Waals surface area contributed by atoms with Crippen LogP contribution in [-0.2, 0) is 6.18 Å². The molecule has 4 rings (SSSR count). The standard InChI is InChI=1S/C20H22F4N4O3/c1-26-6-9-4-5-27(7-9)17-13(20(22,23)24)16-12(15(25)14(17)21)18(29)11(19(30)31)8-28(16)10-2-3-10/h8-10,26H,2-7,25H2,1H3,(H,30,31). The number of halogens is 4. The van der Waals surface area contributed by atoms with Gasteiger partial charge in [0.1, 0.15) is 11.1 Å². The van der Waals surface area contributed by atoms with E-state index in [2.05, 4.69) is 5.32 Å². The molecule has 11 heteroatoms. The van der Waals surface area contributed by atoms with Crippen LogP contribution in [0.5, 0.6) is 0 Å². The fraction of sp³-hybridized carbons (Fsp3) is 0.500. The maximum absolute atomic E-state index is 15.4. The van der Waals surface area contributed by atoms with E-state index in [0.717, 1.165) is 10.8 Å². The van der Waals surface area contributed by atoms with E-state index in [9.17, 15) is 27.9 Å². The number of pyridine rings is 1. The SMILES string of the molecule is CNCC1CCN(c2c(F)c(N)c3c(=O)c(C(=O)O)cn(C4CC4)c3c2C(F)(F)F)C1. The van der Waals surface area contributed by atoms with E-state index in [0.29, 0.717) is 25.8 Å². The Balaban J connectivity index is 2.10. The van der Waals surface area contributed by atoms with Gasteiger partial charge in [-0.05, 0) is 38.8 Å². The number of anilines is 2. The first-order valence-corrected chi connectivity index (χ1v) is 9.96. The van der Waals surface area contributed by atoms with Crippen molar-refractivity contribution in [3.63, 3.8) is 0 Å². The highest BCUT2D eigenvalue weighted by Gasteiger charge is 2.44. The number of nitrogens with one attached hydrogen (secondary N) is 1. The number of aromatic nitrogens is 1. The molecular formula is C20H22F4N4O3. The van der Waals surface area contributed by atoms with Crippen LogP contribution in [0.15, 0.2) is 11.0 Å². The van der Waals surface area contributed by atoms with Crippen LogP contribution in [-0.4, -0.2) is 42.3 Å². The van der Waals surface area contributed by atoms with Crippen LogP contribution in [0.3, 0.4) is 0 Å². The van der Waals surface area contributed by atoms with Crippen molar-refractivity contribution >= 4 is 28.2 Å². The molecule has 0 spiro atoms. The molecule has 1 saturated heterocycles. The number of hydrogen-bond donors (Lipinski definition) is 3. The summed E-state index contributed by atoms with van der Waals surface area (Å²) in [5.74, 6) is -2.91. The Labute approximate surface area is 174 Å². The fourth-order valence-corrected chi connectivity index (χ4v) is 4.45. The second-order valence-corrected chi connectivity index (χ2v) is 8.15. The molecular weight excluding hydrogens is 420 g/mol. The van der Waals surface area contributed by atoms with Gasteiger partial charge in [0.25, 0.3) is 0 Å². The molecule has 7 nitrogen and oxygen atoms in total. The lowest BCUT2D eigenvalue weighted by Crippen LogP contribution is -2.30. The van der Waals surface area contributed by atoms with Gasteiger partial charge in [0, 0.05) is 25.3 Å². The lowest BCUT2D eigenvalue weighted by Gasteiger charge is -2.27. The molecule has 0 amide bonds. The highest BCUT2D eigenvalue weighted by Crippen LogP contribution is 2.48. The number of alkyl halides is 3. The van der Waals surface area contributed by atoms with Crippen molar-refractivity contribution in [3.05, 3.63) is 33.4 Å². The predicted molar refractivity (Wildman–Crippen MR) is 107 cm³/mol. The second kappa shape index (κ2) is 7.40. The fourth-order valence-electron chi connectivity index (χ4n) is 4.45. The Morgan fingerprint density at radius 1 is 1.32 bits per heavy atom. The first-order valence-electron chi connectivity index (χ1n) is 9.96. The molecule has 168 valence electrons. The second-order valence-electron chi connectivity index (χ2n) is 8.15. The molecule has 1 saturated carbocycles. The van der Waals surface area contributed by atoms with Gasteiger partial charge in [-0.3, -0.25) is 4.79 Å². The summed E-state index contributed by atoms with van der Waals surface area (Å²) in [4.78, 5) is 25.6. The van der Waals surface area contributed by atoms with E-state index in [1.54, 1.807) is 7.05 Å². The minimum absolute atomic E-state index is 0.0300. The summed E-state index contributed by atoms with van der Waals surface area (Å²) in [5, 5.41) is 11.6. The van der Waals surface area contributed by atoms with E-state index >= 15 is 4.39 Å². The molecule has 1 aliphatic carbocycles. The molecule has 2 aromatic rings. The van der Waals surface area contributed by atoms with Gasteiger partial charge in [-0.25, -0.2) is 9.18 Å². The topological polar surface area (TPSA) is 101 Å². The summed E-state index contributed by atoms with van der Waals surface area (Å²) >= 11 is 0. The minimum atomic E-state index is -4.99. The highest BCUT2D eigenvalue weighted by molar-refractivity contribution is 6.01. The van der Waals surface area contributed by atoms with Crippen molar-refractivity contribution in [1.29, 1.82) is 0 Å². The molecule has 2 aliphatic rings. The van der Waals surface area contributed by atoms with Gasteiger partial charge in [0.15, 0.2) is 5.82 Å². The Hall–Kier alpha value is -2.82. The molecule has 4 N–H and O–H groups in total.